The molecule has 0 aliphatic carbocycles. The Morgan fingerprint density at radius 2 is 1.57 bits per heavy atom. The molecule has 1 heterocycles. The van der Waals surface area contributed by atoms with Gasteiger partial charge in [-0.3, -0.25) is 4.79 Å². The fourth-order valence-electron chi connectivity index (χ4n) is 4.26. The van der Waals surface area contributed by atoms with E-state index in [4.69, 9.17) is 26.4 Å². The smallest absolute Gasteiger partial charge is 0.220 e. The molecule has 0 unspecified atom stereocenters. The quantitative estimate of drug-likeness (QED) is 0.0843. The van der Waals surface area contributed by atoms with E-state index in [-0.39, 0.29) is 5.91 Å². The van der Waals surface area contributed by atoms with E-state index in [1.807, 2.05) is 36.4 Å². The maximum absolute atomic E-state index is 12.2. The van der Waals surface area contributed by atoms with Gasteiger partial charge in [0.2, 0.25) is 5.91 Å². The van der Waals surface area contributed by atoms with E-state index in [9.17, 15) is 4.79 Å². The van der Waals surface area contributed by atoms with Crippen LogP contribution in [0.3, 0.4) is 0 Å². The molecule has 2 aromatic carbocycles. The zero-order valence-electron chi connectivity index (χ0n) is 24.0. The van der Waals surface area contributed by atoms with E-state index in [1.54, 1.807) is 27.8 Å². The predicted octanol–water partition coefficient (Wildman–Crippen LogP) is 9.46. The normalized spacial score (nSPS) is 11.0. The number of amides is 1. The van der Waals surface area contributed by atoms with Crippen molar-refractivity contribution in [2.45, 2.75) is 78.2 Å². The van der Waals surface area contributed by atoms with Gasteiger partial charge >= 0.3 is 0 Å². The number of hydrogen-bond acceptors (Lipinski definition) is 7. The number of carbonyl (C=O) groups is 1. The fourth-order valence-corrected chi connectivity index (χ4v) is 6.67. The lowest BCUT2D eigenvalue weighted by atomic mass is 10.0. The highest BCUT2D eigenvalue weighted by Gasteiger charge is 2.08. The summed E-state index contributed by atoms with van der Waals surface area (Å²) in [5.74, 6) is 3.17. The maximum atomic E-state index is 12.2. The van der Waals surface area contributed by atoms with Crippen molar-refractivity contribution < 1.29 is 19.0 Å². The Hall–Kier alpha value is -2.42. The molecule has 0 aliphatic rings. The molecule has 5 nitrogen and oxygen atoms in total. The lowest BCUT2D eigenvalue weighted by molar-refractivity contribution is -0.121. The monoisotopic (exact) mass is 601 g/mol. The Kier molecular flexibility index (Phi) is 14.5. The molecule has 0 atom stereocenters. The van der Waals surface area contributed by atoms with Crippen LogP contribution in [0.5, 0.6) is 17.2 Å². The summed E-state index contributed by atoms with van der Waals surface area (Å²) in [6, 6.07) is 16.1. The van der Waals surface area contributed by atoms with Gasteiger partial charge < -0.3 is 19.5 Å². The van der Waals surface area contributed by atoms with Gasteiger partial charge in [0.05, 0.1) is 20.3 Å². The summed E-state index contributed by atoms with van der Waals surface area (Å²) in [6.45, 7) is 6.30. The number of methoxy groups -OCH3 is 1. The van der Waals surface area contributed by atoms with Crippen LogP contribution in [-0.4, -0.2) is 26.2 Å². The van der Waals surface area contributed by atoms with Crippen LogP contribution in [0, 0.1) is 9.74 Å². The second-order valence-corrected chi connectivity index (χ2v) is 13.3. The minimum absolute atomic E-state index is 0.106. The van der Waals surface area contributed by atoms with Gasteiger partial charge in [-0.05, 0) is 85.2 Å². The number of rotatable bonds is 19. The van der Waals surface area contributed by atoms with Gasteiger partial charge in [-0.15, -0.1) is 0 Å². The van der Waals surface area contributed by atoms with Crippen molar-refractivity contribution in [1.82, 2.24) is 5.32 Å². The van der Waals surface area contributed by atoms with Gasteiger partial charge in [-0.25, -0.2) is 0 Å². The Bertz CT molecular complexity index is 1200. The molecule has 1 N–H and O–H groups in total. The molecule has 0 saturated carbocycles. The number of hydrogen-bond donors (Lipinski definition) is 1. The highest BCUT2D eigenvalue weighted by atomic mass is 32.9. The molecular weight excluding hydrogens is 559 g/mol. The Morgan fingerprint density at radius 1 is 0.850 bits per heavy atom. The predicted molar refractivity (Wildman–Crippen MR) is 171 cm³/mol. The van der Waals surface area contributed by atoms with Crippen molar-refractivity contribution >= 4 is 38.8 Å². The van der Waals surface area contributed by atoms with Gasteiger partial charge in [0, 0.05) is 17.8 Å². The zero-order chi connectivity index (χ0) is 28.6. The maximum Gasteiger partial charge on any atom is 0.220 e. The van der Waals surface area contributed by atoms with Crippen LogP contribution in [0.25, 0.3) is 10.4 Å². The van der Waals surface area contributed by atoms with E-state index in [0.29, 0.717) is 31.9 Å². The number of benzene rings is 2. The van der Waals surface area contributed by atoms with Crippen molar-refractivity contribution in [3.63, 3.8) is 0 Å². The molecule has 1 amide bonds. The van der Waals surface area contributed by atoms with Gasteiger partial charge in [-0.1, -0.05) is 78.5 Å². The van der Waals surface area contributed by atoms with E-state index in [1.165, 1.54) is 29.7 Å². The third-order valence-electron chi connectivity index (χ3n) is 6.57. The number of carbonyl (C=O) groups excluding carboxylic acids is 1. The standard InChI is InChI=1S/C32H43NO4S3/c1-24(2)11-7-4-5-8-12-31(34)33-23-25-13-18-28(29(21-25)35-3)37-20-10-6-9-19-36-27-16-14-26(15-17-27)30-22-32(38)40-39-30/h13-18,21-22,24H,4-12,19-20,23H2,1-3H3,(H,33,34). The summed E-state index contributed by atoms with van der Waals surface area (Å²) in [7, 11) is 4.98. The van der Waals surface area contributed by atoms with E-state index in [0.717, 1.165) is 58.9 Å². The molecule has 0 bridgehead atoms. The first kappa shape index (κ1) is 32.1. The number of unbranched alkanes of at least 4 members (excludes halogenated alkanes) is 5. The average Bonchev–Trinajstić information content (AvgIpc) is 3.39. The third-order valence-corrected chi connectivity index (χ3v) is 9.48. The molecule has 0 aliphatic heterocycles. The molecule has 8 heteroatoms. The van der Waals surface area contributed by atoms with E-state index in [2.05, 4.69) is 31.3 Å². The van der Waals surface area contributed by atoms with Crippen LogP contribution in [-0.2, 0) is 11.3 Å². The number of nitrogens with one attached hydrogen (secondary N) is 1. The van der Waals surface area contributed by atoms with E-state index >= 15 is 0 Å². The van der Waals surface area contributed by atoms with Crippen LogP contribution in [0.1, 0.15) is 77.2 Å². The van der Waals surface area contributed by atoms with Crippen molar-refractivity contribution in [3.05, 3.63) is 57.9 Å². The summed E-state index contributed by atoms with van der Waals surface area (Å²) in [5, 5.41) is 3.02. The minimum Gasteiger partial charge on any atom is -0.494 e. The summed E-state index contributed by atoms with van der Waals surface area (Å²) >= 11 is 5.22. The van der Waals surface area contributed by atoms with Crippen LogP contribution in [0.4, 0.5) is 0 Å². The SMILES string of the molecule is COc1cc(CNC(=O)CCCCCCC(C)C)ccc1OCCCCCOc1ccc(-c2cc(=S)ss2)cc1. The topological polar surface area (TPSA) is 56.8 Å². The lowest BCUT2D eigenvalue weighted by Gasteiger charge is -2.13. The zero-order valence-corrected chi connectivity index (χ0v) is 26.5. The van der Waals surface area contributed by atoms with Gasteiger partial charge in [0.1, 0.15) is 9.57 Å². The molecule has 0 saturated heterocycles. The van der Waals surface area contributed by atoms with Gasteiger partial charge in [0.25, 0.3) is 0 Å². The summed E-state index contributed by atoms with van der Waals surface area (Å²) in [6.07, 6.45) is 9.30. The number of ether oxygens (including phenoxy) is 3. The average molecular weight is 602 g/mol. The minimum atomic E-state index is 0.106. The Balaban J connectivity index is 1.27. The first-order chi connectivity index (χ1) is 19.4. The second kappa shape index (κ2) is 18.1. The third kappa shape index (κ3) is 12.0. The van der Waals surface area contributed by atoms with Crippen molar-refractivity contribution in [2.24, 2.45) is 5.92 Å². The molecule has 3 aromatic rings. The second-order valence-electron chi connectivity index (χ2n) is 10.4. The van der Waals surface area contributed by atoms with Crippen LogP contribution in [0.2, 0.25) is 0 Å². The highest BCUT2D eigenvalue weighted by Crippen LogP contribution is 2.31. The Labute approximate surface area is 252 Å². The van der Waals surface area contributed by atoms with Crippen LogP contribution >= 0.6 is 32.9 Å². The molecule has 3 rings (SSSR count). The van der Waals surface area contributed by atoms with Crippen molar-refractivity contribution in [3.8, 4) is 27.7 Å². The molecule has 40 heavy (non-hydrogen) atoms. The fraction of sp³-hybridized carbons (Fsp3) is 0.500. The van der Waals surface area contributed by atoms with Gasteiger partial charge in [-0.2, -0.15) is 0 Å². The summed E-state index contributed by atoms with van der Waals surface area (Å²) in [5.41, 5.74) is 2.18. The van der Waals surface area contributed by atoms with Crippen LogP contribution in [0.15, 0.2) is 48.5 Å². The molecular formula is C32H43NO4S3. The highest BCUT2D eigenvalue weighted by molar-refractivity contribution is 7.80. The van der Waals surface area contributed by atoms with Crippen molar-refractivity contribution in [1.29, 1.82) is 0 Å². The first-order valence-electron chi connectivity index (χ1n) is 14.3. The Morgan fingerprint density at radius 3 is 2.27 bits per heavy atom. The molecule has 0 radical (unpaired) electrons. The largest absolute Gasteiger partial charge is 0.494 e. The first-order valence-corrected chi connectivity index (χ1v) is 16.9. The van der Waals surface area contributed by atoms with E-state index < -0.39 is 0 Å². The lowest BCUT2D eigenvalue weighted by Crippen LogP contribution is -2.22. The summed E-state index contributed by atoms with van der Waals surface area (Å²) < 4.78 is 18.3. The molecule has 0 fully saturated rings. The molecule has 1 aromatic heterocycles. The van der Waals surface area contributed by atoms with Crippen LogP contribution < -0.4 is 19.5 Å². The van der Waals surface area contributed by atoms with Crippen molar-refractivity contribution in [2.75, 3.05) is 20.3 Å². The summed E-state index contributed by atoms with van der Waals surface area (Å²) in [4.78, 5) is 13.4. The molecule has 218 valence electrons. The van der Waals surface area contributed by atoms with Gasteiger partial charge in [0.15, 0.2) is 11.5 Å². The molecule has 0 spiro atoms.